The summed E-state index contributed by atoms with van der Waals surface area (Å²) in [4.78, 5) is 14.2. The van der Waals surface area contributed by atoms with Crippen LogP contribution in [0.4, 0.5) is 0 Å². The van der Waals surface area contributed by atoms with Crippen molar-refractivity contribution in [1.82, 2.24) is 4.90 Å². The topological polar surface area (TPSA) is 29.5 Å². The maximum atomic E-state index is 12.4. The second-order valence-corrected chi connectivity index (χ2v) is 5.22. The van der Waals surface area contributed by atoms with Crippen molar-refractivity contribution in [2.24, 2.45) is 0 Å². The van der Waals surface area contributed by atoms with Crippen LogP contribution < -0.4 is 0 Å². The zero-order valence-corrected chi connectivity index (χ0v) is 12.8. The van der Waals surface area contributed by atoms with Crippen LogP contribution in [-0.4, -0.2) is 25.0 Å². The number of hydrogen-bond donors (Lipinski definition) is 0. The van der Waals surface area contributed by atoms with E-state index in [2.05, 4.69) is 19.1 Å². The Morgan fingerprint density at radius 3 is 2.38 bits per heavy atom. The minimum absolute atomic E-state index is 0.0298. The zero-order chi connectivity index (χ0) is 15.2. The molecule has 0 aromatic heterocycles. The van der Waals surface area contributed by atoms with Crippen molar-refractivity contribution in [2.45, 2.75) is 20.1 Å². The lowest BCUT2D eigenvalue weighted by Crippen LogP contribution is -2.26. The highest BCUT2D eigenvalue weighted by atomic mass is 16.5. The smallest absolute Gasteiger partial charge is 0.253 e. The summed E-state index contributed by atoms with van der Waals surface area (Å²) in [6.07, 6.45) is 0. The average molecular weight is 283 g/mol. The standard InChI is InChI=1S/C18H21NO2/c1-14-6-4-5-7-17(14)12-19(2)18(20)16-10-8-15(9-11-16)13-21-3/h4-11H,12-13H2,1-3H3. The number of benzene rings is 2. The second kappa shape index (κ2) is 7.04. The number of hydrogen-bond acceptors (Lipinski definition) is 2. The first-order chi connectivity index (χ1) is 10.1. The predicted molar refractivity (Wildman–Crippen MR) is 84.1 cm³/mol. The van der Waals surface area contributed by atoms with Crippen molar-refractivity contribution >= 4 is 5.91 Å². The Morgan fingerprint density at radius 2 is 1.76 bits per heavy atom. The number of carbonyl (C=O) groups is 1. The summed E-state index contributed by atoms with van der Waals surface area (Å²) in [5, 5.41) is 0. The van der Waals surface area contributed by atoms with Gasteiger partial charge in [-0.25, -0.2) is 0 Å². The van der Waals surface area contributed by atoms with Crippen LogP contribution in [0.5, 0.6) is 0 Å². The van der Waals surface area contributed by atoms with Crippen molar-refractivity contribution in [3.8, 4) is 0 Å². The molecular formula is C18H21NO2. The summed E-state index contributed by atoms with van der Waals surface area (Å²) in [5.41, 5.74) is 4.14. The van der Waals surface area contributed by atoms with Crippen LogP contribution in [-0.2, 0) is 17.9 Å². The van der Waals surface area contributed by atoms with E-state index in [4.69, 9.17) is 4.74 Å². The molecule has 0 N–H and O–H groups in total. The van der Waals surface area contributed by atoms with Gasteiger partial charge in [0.05, 0.1) is 6.61 Å². The first-order valence-corrected chi connectivity index (χ1v) is 6.99. The fourth-order valence-corrected chi connectivity index (χ4v) is 2.25. The lowest BCUT2D eigenvalue weighted by molar-refractivity contribution is 0.0785. The largest absolute Gasteiger partial charge is 0.380 e. The predicted octanol–water partition coefficient (Wildman–Crippen LogP) is 3.41. The summed E-state index contributed by atoms with van der Waals surface area (Å²) in [6, 6.07) is 15.7. The van der Waals surface area contributed by atoms with Gasteiger partial charge in [-0.1, -0.05) is 36.4 Å². The SMILES string of the molecule is COCc1ccc(C(=O)N(C)Cc2ccccc2C)cc1. The summed E-state index contributed by atoms with van der Waals surface area (Å²) in [7, 11) is 3.49. The first kappa shape index (κ1) is 15.3. The van der Waals surface area contributed by atoms with Gasteiger partial charge in [-0.15, -0.1) is 0 Å². The molecule has 0 atom stereocenters. The Balaban J connectivity index is 2.07. The van der Waals surface area contributed by atoms with Gasteiger partial charge in [0.25, 0.3) is 5.91 Å². The molecular weight excluding hydrogens is 262 g/mol. The van der Waals surface area contributed by atoms with Crippen molar-refractivity contribution in [3.63, 3.8) is 0 Å². The van der Waals surface area contributed by atoms with Gasteiger partial charge in [0.15, 0.2) is 0 Å². The molecule has 0 radical (unpaired) electrons. The monoisotopic (exact) mass is 283 g/mol. The summed E-state index contributed by atoms with van der Waals surface area (Å²) in [5.74, 6) is 0.0298. The molecule has 21 heavy (non-hydrogen) atoms. The fraction of sp³-hybridized carbons (Fsp3) is 0.278. The quantitative estimate of drug-likeness (QED) is 0.841. The second-order valence-electron chi connectivity index (χ2n) is 5.22. The first-order valence-electron chi connectivity index (χ1n) is 6.99. The molecule has 3 heteroatoms. The normalized spacial score (nSPS) is 10.4. The molecule has 2 aromatic carbocycles. The van der Waals surface area contributed by atoms with E-state index in [-0.39, 0.29) is 5.91 Å². The van der Waals surface area contributed by atoms with Gasteiger partial charge in [0, 0.05) is 26.3 Å². The molecule has 0 aliphatic rings. The molecule has 0 aliphatic heterocycles. The Bertz CT molecular complexity index is 605. The number of amides is 1. The lowest BCUT2D eigenvalue weighted by atomic mass is 10.1. The summed E-state index contributed by atoms with van der Waals surface area (Å²) in [6.45, 7) is 3.24. The summed E-state index contributed by atoms with van der Waals surface area (Å²) < 4.78 is 5.07. The van der Waals surface area contributed by atoms with E-state index >= 15 is 0 Å². The summed E-state index contributed by atoms with van der Waals surface area (Å²) >= 11 is 0. The number of nitrogens with zero attached hydrogens (tertiary/aromatic N) is 1. The highest BCUT2D eigenvalue weighted by Crippen LogP contribution is 2.13. The molecule has 0 saturated heterocycles. The van der Waals surface area contributed by atoms with E-state index in [0.717, 1.165) is 5.56 Å². The fourth-order valence-electron chi connectivity index (χ4n) is 2.25. The molecule has 0 bridgehead atoms. The van der Waals surface area contributed by atoms with E-state index in [1.165, 1.54) is 11.1 Å². The zero-order valence-electron chi connectivity index (χ0n) is 12.8. The maximum absolute atomic E-state index is 12.4. The minimum atomic E-state index is 0.0298. The molecule has 0 fully saturated rings. The molecule has 0 unspecified atom stereocenters. The van der Waals surface area contributed by atoms with Gasteiger partial charge >= 0.3 is 0 Å². The van der Waals surface area contributed by atoms with Gasteiger partial charge in [-0.05, 0) is 35.7 Å². The van der Waals surface area contributed by atoms with E-state index in [1.54, 1.807) is 12.0 Å². The van der Waals surface area contributed by atoms with Crippen molar-refractivity contribution in [3.05, 3.63) is 70.8 Å². The van der Waals surface area contributed by atoms with Crippen LogP contribution in [0, 0.1) is 6.92 Å². The number of methoxy groups -OCH3 is 1. The molecule has 2 aromatic rings. The number of rotatable bonds is 5. The van der Waals surface area contributed by atoms with Gasteiger partial charge in [-0.3, -0.25) is 4.79 Å². The Hall–Kier alpha value is -2.13. The van der Waals surface area contributed by atoms with Crippen molar-refractivity contribution in [1.29, 1.82) is 0 Å². The van der Waals surface area contributed by atoms with Crippen molar-refractivity contribution < 1.29 is 9.53 Å². The van der Waals surface area contributed by atoms with E-state index in [0.29, 0.717) is 18.7 Å². The van der Waals surface area contributed by atoms with Crippen LogP contribution in [0.2, 0.25) is 0 Å². The van der Waals surface area contributed by atoms with Crippen LogP contribution in [0.25, 0.3) is 0 Å². The van der Waals surface area contributed by atoms with Crippen LogP contribution in [0.1, 0.15) is 27.0 Å². The Morgan fingerprint density at radius 1 is 1.10 bits per heavy atom. The maximum Gasteiger partial charge on any atom is 0.253 e. The molecule has 3 nitrogen and oxygen atoms in total. The van der Waals surface area contributed by atoms with Gasteiger partial charge in [0.2, 0.25) is 0 Å². The third kappa shape index (κ3) is 3.92. The lowest BCUT2D eigenvalue weighted by Gasteiger charge is -2.18. The van der Waals surface area contributed by atoms with E-state index in [1.807, 2.05) is 43.4 Å². The van der Waals surface area contributed by atoms with Crippen molar-refractivity contribution in [2.75, 3.05) is 14.2 Å². The minimum Gasteiger partial charge on any atom is -0.380 e. The molecule has 0 heterocycles. The van der Waals surface area contributed by atoms with Crippen LogP contribution >= 0.6 is 0 Å². The molecule has 0 saturated carbocycles. The van der Waals surface area contributed by atoms with Gasteiger partial charge in [0.1, 0.15) is 0 Å². The van der Waals surface area contributed by atoms with Gasteiger partial charge in [-0.2, -0.15) is 0 Å². The molecule has 110 valence electrons. The third-order valence-corrected chi connectivity index (χ3v) is 3.53. The third-order valence-electron chi connectivity index (χ3n) is 3.53. The highest BCUT2D eigenvalue weighted by Gasteiger charge is 2.12. The highest BCUT2D eigenvalue weighted by molar-refractivity contribution is 5.94. The molecule has 1 amide bonds. The number of aryl methyl sites for hydroxylation is 1. The van der Waals surface area contributed by atoms with Gasteiger partial charge < -0.3 is 9.64 Å². The van der Waals surface area contributed by atoms with E-state index < -0.39 is 0 Å². The number of carbonyl (C=O) groups excluding carboxylic acids is 1. The average Bonchev–Trinajstić information content (AvgIpc) is 2.50. The van der Waals surface area contributed by atoms with Crippen LogP contribution in [0.15, 0.2) is 48.5 Å². The number of ether oxygens (including phenoxy) is 1. The molecule has 2 rings (SSSR count). The Kier molecular flexibility index (Phi) is 5.12. The Labute approximate surface area is 126 Å². The van der Waals surface area contributed by atoms with E-state index in [9.17, 15) is 4.79 Å². The molecule has 0 spiro atoms. The van der Waals surface area contributed by atoms with Crippen LogP contribution in [0.3, 0.4) is 0 Å². The molecule has 0 aliphatic carbocycles.